The second-order valence-electron chi connectivity index (χ2n) is 5.02. The fourth-order valence-corrected chi connectivity index (χ4v) is 4.47. The van der Waals surface area contributed by atoms with Crippen LogP contribution in [0.1, 0.15) is 39.5 Å². The molecule has 1 rings (SSSR count). The quantitative estimate of drug-likeness (QED) is 0.654. The largest absolute Gasteiger partial charge is 0.301 e. The molecule has 1 aliphatic heterocycles. The molecule has 0 amide bonds. The first-order valence-electron chi connectivity index (χ1n) is 6.62. The molecule has 0 N–H and O–H groups in total. The van der Waals surface area contributed by atoms with Crippen molar-refractivity contribution in [1.29, 1.82) is 0 Å². The Bertz CT molecular complexity index is 175. The van der Waals surface area contributed by atoms with Gasteiger partial charge in [-0.05, 0) is 18.3 Å². The fourth-order valence-electron chi connectivity index (χ4n) is 2.75. The van der Waals surface area contributed by atoms with Crippen LogP contribution in [0, 0.1) is 5.41 Å². The lowest BCUT2D eigenvalue weighted by Crippen LogP contribution is -2.43. The maximum Gasteiger partial charge on any atom is 0.0100 e. The Morgan fingerprint density at radius 2 is 1.69 bits per heavy atom. The average Bonchev–Trinajstić information content (AvgIpc) is 2.31. The van der Waals surface area contributed by atoms with Gasteiger partial charge in [0.05, 0.1) is 0 Å². The predicted octanol–water partition coefficient (Wildman–Crippen LogP) is 4.02. The first-order valence-corrected chi connectivity index (χ1v) is 8.90. The maximum atomic E-state index is 3.77. The van der Waals surface area contributed by atoms with Crippen LogP contribution in [0.2, 0.25) is 0 Å². The van der Waals surface area contributed by atoms with Gasteiger partial charge in [-0.15, -0.1) is 0 Å². The molecule has 1 nitrogen and oxygen atoms in total. The predicted molar refractivity (Wildman–Crippen MR) is 79.8 cm³/mol. The van der Waals surface area contributed by atoms with Crippen LogP contribution >= 0.6 is 27.7 Å². The first-order chi connectivity index (χ1) is 7.76. The molecule has 0 saturated carbocycles. The van der Waals surface area contributed by atoms with Gasteiger partial charge in [0.2, 0.25) is 0 Å². The van der Waals surface area contributed by atoms with Crippen LogP contribution in [0.5, 0.6) is 0 Å². The molecule has 0 aromatic heterocycles. The number of nitrogens with zero attached hydrogens (tertiary/aromatic N) is 1. The summed E-state index contributed by atoms with van der Waals surface area (Å²) in [7, 11) is 0. The van der Waals surface area contributed by atoms with E-state index in [1.54, 1.807) is 0 Å². The van der Waals surface area contributed by atoms with Crippen LogP contribution in [0.25, 0.3) is 0 Å². The number of rotatable bonds is 7. The van der Waals surface area contributed by atoms with Gasteiger partial charge in [0, 0.05) is 36.5 Å². The number of hydrogen-bond acceptors (Lipinski definition) is 2. The third-order valence-corrected chi connectivity index (χ3v) is 5.64. The van der Waals surface area contributed by atoms with Crippen LogP contribution in [0.3, 0.4) is 0 Å². The summed E-state index contributed by atoms with van der Waals surface area (Å²) in [6.07, 6.45) is 5.37. The average molecular weight is 308 g/mol. The molecule has 0 spiro atoms. The highest BCUT2D eigenvalue weighted by Crippen LogP contribution is 2.33. The molecule has 1 aliphatic rings. The van der Waals surface area contributed by atoms with E-state index in [4.69, 9.17) is 0 Å². The van der Waals surface area contributed by atoms with Gasteiger partial charge < -0.3 is 4.90 Å². The maximum absolute atomic E-state index is 3.77. The van der Waals surface area contributed by atoms with Crippen LogP contribution in [0.4, 0.5) is 0 Å². The minimum absolute atomic E-state index is 0.533. The second-order valence-corrected chi connectivity index (χ2v) is 6.81. The van der Waals surface area contributed by atoms with Crippen molar-refractivity contribution < 1.29 is 0 Å². The Balaban J connectivity index is 2.52. The van der Waals surface area contributed by atoms with E-state index in [1.807, 2.05) is 0 Å². The zero-order chi connectivity index (χ0) is 11.9. The normalized spacial score (nSPS) is 18.9. The van der Waals surface area contributed by atoms with Crippen molar-refractivity contribution in [2.75, 3.05) is 36.5 Å². The van der Waals surface area contributed by atoms with Crippen molar-refractivity contribution >= 4 is 27.7 Å². The van der Waals surface area contributed by atoms with E-state index in [1.165, 1.54) is 62.2 Å². The molecule has 1 fully saturated rings. The molecule has 0 unspecified atom stereocenters. The highest BCUT2D eigenvalue weighted by Gasteiger charge is 2.30. The van der Waals surface area contributed by atoms with Gasteiger partial charge in [-0.25, -0.2) is 0 Å². The minimum Gasteiger partial charge on any atom is -0.301 e. The molecule has 0 radical (unpaired) electrons. The molecule has 0 aromatic rings. The second kappa shape index (κ2) is 7.99. The van der Waals surface area contributed by atoms with Crippen LogP contribution < -0.4 is 0 Å². The SMILES string of the molecule is CCCC(CBr)(CCC)CN1CCSCC1. The highest BCUT2D eigenvalue weighted by atomic mass is 79.9. The summed E-state index contributed by atoms with van der Waals surface area (Å²) in [5.41, 5.74) is 0.533. The fraction of sp³-hybridized carbons (Fsp3) is 1.00. The molecule has 16 heavy (non-hydrogen) atoms. The van der Waals surface area contributed by atoms with Crippen molar-refractivity contribution in [3.8, 4) is 0 Å². The van der Waals surface area contributed by atoms with Crippen molar-refractivity contribution in [3.63, 3.8) is 0 Å². The summed E-state index contributed by atoms with van der Waals surface area (Å²) in [6, 6.07) is 0. The molecular weight excluding hydrogens is 282 g/mol. The Kier molecular flexibility index (Phi) is 7.42. The molecule has 1 saturated heterocycles. The number of halogens is 1. The molecule has 0 atom stereocenters. The van der Waals surface area contributed by atoms with E-state index in [0.717, 1.165) is 0 Å². The molecule has 0 aliphatic carbocycles. The van der Waals surface area contributed by atoms with Gasteiger partial charge in [0.15, 0.2) is 0 Å². The number of alkyl halides is 1. The monoisotopic (exact) mass is 307 g/mol. The summed E-state index contributed by atoms with van der Waals surface area (Å²) >= 11 is 5.88. The van der Waals surface area contributed by atoms with E-state index in [9.17, 15) is 0 Å². The Labute approximate surface area is 114 Å². The Morgan fingerprint density at radius 3 is 2.12 bits per heavy atom. The van der Waals surface area contributed by atoms with Gasteiger partial charge in [0.25, 0.3) is 0 Å². The topological polar surface area (TPSA) is 3.24 Å². The summed E-state index contributed by atoms with van der Waals surface area (Å²) in [6.45, 7) is 8.54. The molecule has 0 aromatic carbocycles. The molecule has 0 bridgehead atoms. The summed E-state index contributed by atoms with van der Waals surface area (Å²) in [5, 5.41) is 1.17. The van der Waals surface area contributed by atoms with Crippen LogP contribution in [-0.2, 0) is 0 Å². The Hall–Kier alpha value is 0.790. The van der Waals surface area contributed by atoms with E-state index in [2.05, 4.69) is 46.4 Å². The summed E-state index contributed by atoms with van der Waals surface area (Å²) < 4.78 is 0. The van der Waals surface area contributed by atoms with Gasteiger partial charge in [0.1, 0.15) is 0 Å². The van der Waals surface area contributed by atoms with Crippen LogP contribution in [-0.4, -0.2) is 41.4 Å². The minimum atomic E-state index is 0.533. The van der Waals surface area contributed by atoms with E-state index >= 15 is 0 Å². The summed E-state index contributed by atoms with van der Waals surface area (Å²) in [4.78, 5) is 2.68. The van der Waals surface area contributed by atoms with Gasteiger partial charge in [-0.2, -0.15) is 11.8 Å². The van der Waals surface area contributed by atoms with E-state index in [-0.39, 0.29) is 0 Å². The zero-order valence-electron chi connectivity index (χ0n) is 10.8. The lowest BCUT2D eigenvalue weighted by molar-refractivity contribution is 0.157. The van der Waals surface area contributed by atoms with Crippen molar-refractivity contribution in [1.82, 2.24) is 4.90 Å². The lowest BCUT2D eigenvalue weighted by atomic mass is 9.80. The first kappa shape index (κ1) is 14.8. The van der Waals surface area contributed by atoms with Gasteiger partial charge in [-0.3, -0.25) is 0 Å². The molecular formula is C13H26BrNS. The molecule has 3 heteroatoms. The third kappa shape index (κ3) is 4.58. The zero-order valence-corrected chi connectivity index (χ0v) is 13.2. The standard InChI is InChI=1S/C13H26BrNS/c1-3-5-13(11-14,6-4-2)12-15-7-9-16-10-8-15/h3-12H2,1-2H3. The van der Waals surface area contributed by atoms with Crippen molar-refractivity contribution in [2.24, 2.45) is 5.41 Å². The number of thioether (sulfide) groups is 1. The summed E-state index contributed by atoms with van der Waals surface area (Å²) in [5.74, 6) is 2.66. The van der Waals surface area contributed by atoms with E-state index < -0.39 is 0 Å². The van der Waals surface area contributed by atoms with Crippen molar-refractivity contribution in [2.45, 2.75) is 39.5 Å². The van der Waals surface area contributed by atoms with Crippen molar-refractivity contribution in [3.05, 3.63) is 0 Å². The Morgan fingerprint density at radius 1 is 1.12 bits per heavy atom. The van der Waals surface area contributed by atoms with E-state index in [0.29, 0.717) is 5.41 Å². The smallest absolute Gasteiger partial charge is 0.0100 e. The van der Waals surface area contributed by atoms with Gasteiger partial charge in [-0.1, -0.05) is 42.6 Å². The molecule has 1 heterocycles. The van der Waals surface area contributed by atoms with Gasteiger partial charge >= 0.3 is 0 Å². The van der Waals surface area contributed by atoms with Crippen LogP contribution in [0.15, 0.2) is 0 Å². The highest BCUT2D eigenvalue weighted by molar-refractivity contribution is 9.09. The number of hydrogen-bond donors (Lipinski definition) is 0. The third-order valence-electron chi connectivity index (χ3n) is 3.51. The molecule has 96 valence electrons. The lowest BCUT2D eigenvalue weighted by Gasteiger charge is -2.38.